The summed E-state index contributed by atoms with van der Waals surface area (Å²) in [4.78, 5) is 0. The van der Waals surface area contributed by atoms with Crippen molar-refractivity contribution in [3.63, 3.8) is 0 Å². The molecule has 0 saturated heterocycles. The maximum atomic E-state index is 6.22. The molecular weight excluding hydrogens is 1310 g/mol. The molecule has 2 aliphatic carbocycles. The standard InChI is InChI=1S/C57H38.C51H34O/c1-57(2)51-28-14-27-42(56(51)50-32-36-16-3-4-17-37(36)34-52(50)57)38-18-13-19-39(31-38)54-45-23-9-11-25-47(45)55(48-26-12-10-24-46(48)54)49-33-40-30-29-35-15-5-6-20-41(35)53(40)44-22-8-7-21-43(44)49;1-51(2)44-23-12-22-36(50(44)43-28-31-13-3-4-14-32(31)30-45(43)51)33-15-11-16-34(27-33)48-38-18-5-7-20-40(38)49(41-21-8-6-19-39(41)48)35-25-26-47-42(29-35)37-17-9-10-24-46(37)52-47/h3-34H,1-2H3;3-30H,1-2H3. The van der Waals surface area contributed by atoms with E-state index in [9.17, 15) is 0 Å². The van der Waals surface area contributed by atoms with Gasteiger partial charge in [-0.15, -0.1) is 0 Å². The van der Waals surface area contributed by atoms with Gasteiger partial charge in [-0.1, -0.05) is 331 Å². The molecule has 21 aromatic rings. The lowest BCUT2D eigenvalue weighted by Crippen LogP contribution is -2.14. The van der Waals surface area contributed by atoms with Gasteiger partial charge in [0.05, 0.1) is 0 Å². The molecule has 23 rings (SSSR count). The normalized spacial score (nSPS) is 13.3. The van der Waals surface area contributed by atoms with Crippen LogP contribution in [-0.4, -0.2) is 0 Å². The van der Waals surface area contributed by atoms with E-state index in [2.05, 4.69) is 380 Å². The van der Waals surface area contributed by atoms with Crippen LogP contribution in [0.5, 0.6) is 0 Å². The molecule has 0 saturated carbocycles. The van der Waals surface area contributed by atoms with Crippen LogP contribution in [0, 0.1) is 0 Å². The van der Waals surface area contributed by atoms with Crippen LogP contribution in [0.4, 0.5) is 0 Å². The van der Waals surface area contributed by atoms with Crippen LogP contribution in [0.2, 0.25) is 0 Å². The molecule has 2 aliphatic rings. The average molecular weight is 1390 g/mol. The van der Waals surface area contributed by atoms with Gasteiger partial charge in [-0.2, -0.15) is 0 Å². The lowest BCUT2D eigenvalue weighted by Gasteiger charge is -2.22. The third-order valence-electron chi connectivity index (χ3n) is 24.6. The Morgan fingerprint density at radius 2 is 0.523 bits per heavy atom. The smallest absolute Gasteiger partial charge is 0.135 e. The lowest BCUT2D eigenvalue weighted by atomic mass is 9.81. The van der Waals surface area contributed by atoms with Crippen LogP contribution >= 0.6 is 0 Å². The molecule has 0 atom stereocenters. The van der Waals surface area contributed by atoms with Gasteiger partial charge in [-0.05, 0) is 269 Å². The zero-order valence-electron chi connectivity index (χ0n) is 61.0. The summed E-state index contributed by atoms with van der Waals surface area (Å²) < 4.78 is 6.22. The van der Waals surface area contributed by atoms with Gasteiger partial charge in [0.1, 0.15) is 11.2 Å². The largest absolute Gasteiger partial charge is 0.456 e. The van der Waals surface area contributed by atoms with Crippen LogP contribution in [0.25, 0.3) is 208 Å². The summed E-state index contributed by atoms with van der Waals surface area (Å²) in [7, 11) is 0. The van der Waals surface area contributed by atoms with Crippen LogP contribution in [0.1, 0.15) is 49.9 Å². The van der Waals surface area contributed by atoms with Gasteiger partial charge in [0.25, 0.3) is 0 Å². The molecular formula is C108H72O. The van der Waals surface area contributed by atoms with E-state index in [4.69, 9.17) is 4.42 Å². The zero-order valence-corrected chi connectivity index (χ0v) is 61.0. The highest BCUT2D eigenvalue weighted by molar-refractivity contribution is 6.29. The van der Waals surface area contributed by atoms with Gasteiger partial charge >= 0.3 is 0 Å². The Morgan fingerprint density at radius 1 is 0.174 bits per heavy atom. The van der Waals surface area contributed by atoms with Gasteiger partial charge in [0, 0.05) is 21.6 Å². The number of fused-ring (bicyclic) bond motifs is 20. The number of benzene rings is 20. The predicted molar refractivity (Wildman–Crippen MR) is 465 cm³/mol. The Kier molecular flexibility index (Phi) is 13.9. The number of hydrogen-bond acceptors (Lipinski definition) is 1. The van der Waals surface area contributed by atoms with Crippen LogP contribution in [0.15, 0.2) is 368 Å². The summed E-state index contributed by atoms with van der Waals surface area (Å²) in [6.45, 7) is 9.51. The second kappa shape index (κ2) is 24.0. The first-order chi connectivity index (χ1) is 53.6. The van der Waals surface area contributed by atoms with Crippen molar-refractivity contribution >= 4 is 119 Å². The van der Waals surface area contributed by atoms with Crippen molar-refractivity contribution in [3.05, 3.63) is 386 Å². The van der Waals surface area contributed by atoms with Crippen molar-refractivity contribution in [1.29, 1.82) is 0 Å². The van der Waals surface area contributed by atoms with Crippen molar-refractivity contribution in [2.45, 2.75) is 38.5 Å². The monoisotopic (exact) mass is 1380 g/mol. The molecule has 0 bridgehead atoms. The van der Waals surface area contributed by atoms with E-state index >= 15 is 0 Å². The summed E-state index contributed by atoms with van der Waals surface area (Å²) in [6, 6.07) is 135. The molecule has 0 N–H and O–H groups in total. The van der Waals surface area contributed by atoms with Gasteiger partial charge in [0.15, 0.2) is 0 Å². The van der Waals surface area contributed by atoms with Gasteiger partial charge in [-0.25, -0.2) is 0 Å². The summed E-state index contributed by atoms with van der Waals surface area (Å²) in [5.41, 5.74) is 27.7. The van der Waals surface area contributed by atoms with Crippen molar-refractivity contribution in [2.24, 2.45) is 0 Å². The molecule has 1 aromatic heterocycles. The van der Waals surface area contributed by atoms with Crippen LogP contribution in [0.3, 0.4) is 0 Å². The predicted octanol–water partition coefficient (Wildman–Crippen LogP) is 30.3. The second-order valence-electron chi connectivity index (χ2n) is 31.2. The van der Waals surface area contributed by atoms with Crippen molar-refractivity contribution in [2.75, 3.05) is 0 Å². The quantitative estimate of drug-likeness (QED) is 0.119. The molecule has 0 unspecified atom stereocenters. The molecule has 0 radical (unpaired) electrons. The Morgan fingerprint density at radius 3 is 1.01 bits per heavy atom. The summed E-state index contributed by atoms with van der Waals surface area (Å²) in [6.07, 6.45) is 0. The zero-order chi connectivity index (χ0) is 72.4. The summed E-state index contributed by atoms with van der Waals surface area (Å²) >= 11 is 0. The SMILES string of the molecule is CC1(C)c2cc3ccccc3cc2-c2c(-c3cccc(-c4c5ccccc5c(-c5cc6ccc7ccccc7c6c6ccccc56)c5ccccc45)c3)cccc21.CC1(C)c2cc3ccccc3cc2-c2c(-c3cccc(-c4c5ccccc5c(-c5ccc6oc7ccccc7c6c5)c5ccccc45)c3)cccc21. The second-order valence-corrected chi connectivity index (χ2v) is 31.2. The average Bonchev–Trinajstić information content (AvgIpc) is 1.72. The topological polar surface area (TPSA) is 13.1 Å². The fraction of sp³-hybridized carbons (Fsp3) is 0.0556. The Hall–Kier alpha value is -13.5. The lowest BCUT2D eigenvalue weighted by molar-refractivity contribution is 0.661. The minimum absolute atomic E-state index is 0.0870. The minimum Gasteiger partial charge on any atom is -0.456 e. The Bertz CT molecular complexity index is 7360. The van der Waals surface area contributed by atoms with E-state index in [0.29, 0.717) is 0 Å². The molecule has 109 heavy (non-hydrogen) atoms. The van der Waals surface area contributed by atoms with E-state index in [1.54, 1.807) is 0 Å². The third-order valence-corrected chi connectivity index (χ3v) is 24.6. The molecule has 0 aliphatic heterocycles. The van der Waals surface area contributed by atoms with Crippen molar-refractivity contribution in [3.8, 4) is 89.0 Å². The summed E-state index contributed by atoms with van der Waals surface area (Å²) in [5.74, 6) is 0. The van der Waals surface area contributed by atoms with Crippen LogP contribution in [-0.2, 0) is 10.8 Å². The molecule has 1 heteroatoms. The molecule has 0 spiro atoms. The Balaban J connectivity index is 0.000000135. The Labute approximate surface area is 632 Å². The van der Waals surface area contributed by atoms with Crippen LogP contribution < -0.4 is 0 Å². The number of rotatable bonds is 6. The van der Waals surface area contributed by atoms with E-state index in [1.165, 1.54) is 208 Å². The third kappa shape index (κ3) is 9.53. The van der Waals surface area contributed by atoms with E-state index in [1.807, 2.05) is 12.1 Å². The number of hydrogen-bond donors (Lipinski definition) is 0. The number of furan rings is 1. The van der Waals surface area contributed by atoms with Gasteiger partial charge < -0.3 is 4.42 Å². The van der Waals surface area contributed by atoms with Gasteiger partial charge in [0.2, 0.25) is 0 Å². The van der Waals surface area contributed by atoms with Crippen molar-refractivity contribution in [1.82, 2.24) is 0 Å². The first-order valence-corrected chi connectivity index (χ1v) is 38.3. The molecule has 0 fully saturated rings. The maximum Gasteiger partial charge on any atom is 0.135 e. The molecule has 1 heterocycles. The maximum absolute atomic E-state index is 6.22. The highest BCUT2D eigenvalue weighted by Crippen LogP contribution is 2.57. The number of para-hydroxylation sites is 1. The van der Waals surface area contributed by atoms with E-state index < -0.39 is 0 Å². The molecule has 0 amide bonds. The fourth-order valence-corrected chi connectivity index (χ4v) is 19.6. The minimum atomic E-state index is -0.0927. The first-order valence-electron chi connectivity index (χ1n) is 38.3. The van der Waals surface area contributed by atoms with E-state index in [-0.39, 0.29) is 10.8 Å². The highest BCUT2D eigenvalue weighted by Gasteiger charge is 2.39. The van der Waals surface area contributed by atoms with E-state index in [0.717, 1.165) is 21.9 Å². The van der Waals surface area contributed by atoms with Gasteiger partial charge in [-0.3, -0.25) is 0 Å². The van der Waals surface area contributed by atoms with Crippen molar-refractivity contribution < 1.29 is 4.42 Å². The molecule has 510 valence electrons. The highest BCUT2D eigenvalue weighted by atomic mass is 16.3. The molecule has 20 aromatic carbocycles. The molecule has 1 nitrogen and oxygen atoms in total. The first kappa shape index (κ1) is 62.9. The summed E-state index contributed by atoms with van der Waals surface area (Å²) in [5, 5.41) is 25.2. The fourth-order valence-electron chi connectivity index (χ4n) is 19.6.